The van der Waals surface area contributed by atoms with E-state index >= 15 is 0 Å². The van der Waals surface area contributed by atoms with Gasteiger partial charge in [0.25, 0.3) is 11.6 Å². The molecule has 35 heavy (non-hydrogen) atoms. The Balaban J connectivity index is 1.41. The number of non-ortho nitro benzene ring substituents is 1. The number of halogens is 2. The molecular weight excluding hydrogens is 501 g/mol. The van der Waals surface area contributed by atoms with E-state index in [2.05, 4.69) is 5.32 Å². The van der Waals surface area contributed by atoms with E-state index in [9.17, 15) is 29.3 Å². The topological polar surface area (TPSA) is 136 Å². The standard InChI is InChI=1S/C23H19Cl2N3O7/c24-18-9-16-17(10-19(18)25)22(31)27(21(16)30)14-5-1-3-12(7-14)23(32)35-11-20(29)26-13-4-2-6-15(8-13)28(33)34/h1-8,16-19H,9-11H2,(H,26,29)/t16-,17+,18-,19-/m0/s1. The van der Waals surface area contributed by atoms with Gasteiger partial charge in [-0.05, 0) is 37.1 Å². The molecule has 0 radical (unpaired) electrons. The number of esters is 1. The molecule has 1 N–H and O–H groups in total. The highest BCUT2D eigenvalue weighted by molar-refractivity contribution is 6.31. The maximum Gasteiger partial charge on any atom is 0.338 e. The maximum atomic E-state index is 12.9. The van der Waals surface area contributed by atoms with Crippen molar-refractivity contribution in [2.45, 2.75) is 23.6 Å². The summed E-state index contributed by atoms with van der Waals surface area (Å²) in [5.41, 5.74) is 0.215. The number of alkyl halides is 2. The number of nitro groups is 1. The SMILES string of the molecule is O=C(COC(=O)c1cccc(N2C(=O)[C@H]3C[C@H](Cl)[C@@H](Cl)C[C@H]3C2=O)c1)Nc1cccc([N+](=O)[O-])c1. The van der Waals surface area contributed by atoms with Crippen LogP contribution < -0.4 is 10.2 Å². The van der Waals surface area contributed by atoms with Gasteiger partial charge in [-0.25, -0.2) is 4.79 Å². The van der Waals surface area contributed by atoms with Gasteiger partial charge >= 0.3 is 5.97 Å². The summed E-state index contributed by atoms with van der Waals surface area (Å²) in [5, 5.41) is 12.4. The van der Waals surface area contributed by atoms with Crippen molar-refractivity contribution in [3.8, 4) is 0 Å². The zero-order chi connectivity index (χ0) is 25.3. The number of carbonyl (C=O) groups is 4. The molecule has 2 aromatic carbocycles. The fraction of sp³-hybridized carbons (Fsp3) is 0.304. The minimum Gasteiger partial charge on any atom is -0.452 e. The monoisotopic (exact) mass is 519 g/mol. The lowest BCUT2D eigenvalue weighted by molar-refractivity contribution is -0.384. The minimum absolute atomic E-state index is 0.0339. The molecule has 0 unspecified atom stereocenters. The van der Waals surface area contributed by atoms with Crippen LogP contribution in [0, 0.1) is 22.0 Å². The van der Waals surface area contributed by atoms with Gasteiger partial charge in [-0.2, -0.15) is 0 Å². The summed E-state index contributed by atoms with van der Waals surface area (Å²) >= 11 is 12.4. The Morgan fingerprint density at radius 1 is 1.03 bits per heavy atom. The highest BCUT2D eigenvalue weighted by atomic mass is 35.5. The third-order valence-corrected chi connectivity index (χ3v) is 7.02. The Hall–Kier alpha value is -3.50. The van der Waals surface area contributed by atoms with E-state index in [1.165, 1.54) is 48.5 Å². The van der Waals surface area contributed by atoms with E-state index in [-0.39, 0.29) is 22.6 Å². The Labute approximate surface area is 209 Å². The van der Waals surface area contributed by atoms with Crippen molar-refractivity contribution in [1.29, 1.82) is 0 Å². The van der Waals surface area contributed by atoms with E-state index < -0.39 is 57.8 Å². The number of hydrogen-bond acceptors (Lipinski definition) is 7. The number of nitrogens with zero attached hydrogens (tertiary/aromatic N) is 2. The number of nitro benzene ring substituents is 1. The van der Waals surface area contributed by atoms with Gasteiger partial charge in [-0.3, -0.25) is 29.4 Å². The number of anilines is 2. The Morgan fingerprint density at radius 3 is 2.29 bits per heavy atom. The van der Waals surface area contributed by atoms with Crippen LogP contribution in [0.2, 0.25) is 0 Å². The number of imide groups is 1. The molecule has 0 bridgehead atoms. The molecule has 1 heterocycles. The number of fused-ring (bicyclic) bond motifs is 1. The molecule has 2 fully saturated rings. The number of hydrogen-bond donors (Lipinski definition) is 1. The summed E-state index contributed by atoms with van der Waals surface area (Å²) in [6.07, 6.45) is 0.589. The number of carbonyl (C=O) groups excluding carboxylic acids is 4. The first-order valence-corrected chi connectivity index (χ1v) is 11.5. The van der Waals surface area contributed by atoms with Crippen LogP contribution >= 0.6 is 23.2 Å². The molecule has 1 aliphatic heterocycles. The minimum atomic E-state index is -0.848. The third kappa shape index (κ3) is 5.13. The van der Waals surface area contributed by atoms with Crippen molar-refractivity contribution in [3.05, 3.63) is 64.2 Å². The average Bonchev–Trinajstić information content (AvgIpc) is 3.07. The molecule has 0 spiro atoms. The van der Waals surface area contributed by atoms with E-state index in [1.807, 2.05) is 0 Å². The van der Waals surface area contributed by atoms with E-state index in [4.69, 9.17) is 27.9 Å². The van der Waals surface area contributed by atoms with Gasteiger partial charge in [0.15, 0.2) is 6.61 Å². The second kappa shape index (κ2) is 10.0. The predicted octanol–water partition coefficient (Wildman–Crippen LogP) is 3.50. The lowest BCUT2D eigenvalue weighted by Crippen LogP contribution is -2.34. The summed E-state index contributed by atoms with van der Waals surface area (Å²) in [5.74, 6) is -3.46. The van der Waals surface area contributed by atoms with E-state index in [1.54, 1.807) is 0 Å². The molecule has 2 aliphatic rings. The highest BCUT2D eigenvalue weighted by Gasteiger charge is 2.52. The summed E-state index contributed by atoms with van der Waals surface area (Å²) in [4.78, 5) is 61.8. The van der Waals surface area contributed by atoms with Gasteiger partial charge in [0.1, 0.15) is 0 Å². The molecule has 12 heteroatoms. The third-order valence-electron chi connectivity index (χ3n) is 5.93. The molecule has 4 rings (SSSR count). The Bertz CT molecular complexity index is 1190. The zero-order valence-corrected chi connectivity index (χ0v) is 19.6. The summed E-state index contributed by atoms with van der Waals surface area (Å²) < 4.78 is 5.03. The number of rotatable bonds is 6. The lowest BCUT2D eigenvalue weighted by Gasteiger charge is -2.28. The van der Waals surface area contributed by atoms with Crippen molar-refractivity contribution in [2.75, 3.05) is 16.8 Å². The van der Waals surface area contributed by atoms with Crippen LogP contribution in [0.4, 0.5) is 17.1 Å². The normalized spacial score (nSPS) is 23.5. The Morgan fingerprint density at radius 2 is 1.66 bits per heavy atom. The molecular formula is C23H19Cl2N3O7. The largest absolute Gasteiger partial charge is 0.452 e. The van der Waals surface area contributed by atoms with Gasteiger partial charge in [0, 0.05) is 17.8 Å². The van der Waals surface area contributed by atoms with Crippen molar-refractivity contribution in [3.63, 3.8) is 0 Å². The first-order chi connectivity index (χ1) is 16.7. The summed E-state index contributed by atoms with van der Waals surface area (Å²) in [6.45, 7) is -0.647. The van der Waals surface area contributed by atoms with Crippen molar-refractivity contribution in [1.82, 2.24) is 0 Å². The fourth-order valence-electron chi connectivity index (χ4n) is 4.23. The molecule has 0 aromatic heterocycles. The van der Waals surface area contributed by atoms with Crippen LogP contribution in [-0.4, -0.2) is 46.0 Å². The van der Waals surface area contributed by atoms with Gasteiger partial charge in [0.2, 0.25) is 11.8 Å². The first kappa shape index (κ1) is 24.6. The first-order valence-electron chi connectivity index (χ1n) is 10.6. The van der Waals surface area contributed by atoms with Crippen LogP contribution in [0.1, 0.15) is 23.2 Å². The Kier molecular flexibility index (Phi) is 7.04. The second-order valence-corrected chi connectivity index (χ2v) is 9.33. The van der Waals surface area contributed by atoms with Gasteiger partial charge < -0.3 is 10.1 Å². The van der Waals surface area contributed by atoms with E-state index in [0.29, 0.717) is 12.8 Å². The van der Waals surface area contributed by atoms with Crippen molar-refractivity contribution in [2.24, 2.45) is 11.8 Å². The smallest absolute Gasteiger partial charge is 0.338 e. The van der Waals surface area contributed by atoms with Gasteiger partial charge in [-0.1, -0.05) is 12.1 Å². The molecule has 10 nitrogen and oxygen atoms in total. The molecule has 4 atom stereocenters. The fourth-order valence-corrected chi connectivity index (χ4v) is 4.82. The number of amides is 3. The molecule has 3 amide bonds. The summed E-state index contributed by atoms with van der Waals surface area (Å²) in [6, 6.07) is 11.1. The van der Waals surface area contributed by atoms with E-state index in [0.717, 1.165) is 4.90 Å². The molecule has 2 aromatic rings. The summed E-state index contributed by atoms with van der Waals surface area (Å²) in [7, 11) is 0. The van der Waals surface area contributed by atoms with Crippen LogP contribution in [0.25, 0.3) is 0 Å². The molecule has 1 aliphatic carbocycles. The van der Waals surface area contributed by atoms with Gasteiger partial charge in [-0.15, -0.1) is 23.2 Å². The molecule has 1 saturated heterocycles. The molecule has 182 valence electrons. The van der Waals surface area contributed by atoms with Gasteiger partial charge in [0.05, 0.1) is 38.8 Å². The number of ether oxygens (including phenoxy) is 1. The van der Waals surface area contributed by atoms with Crippen LogP contribution in [0.15, 0.2) is 48.5 Å². The second-order valence-electron chi connectivity index (χ2n) is 8.21. The zero-order valence-electron chi connectivity index (χ0n) is 18.1. The van der Waals surface area contributed by atoms with Crippen molar-refractivity contribution >= 4 is 64.0 Å². The number of nitrogens with one attached hydrogen (secondary N) is 1. The molecule has 1 saturated carbocycles. The highest BCUT2D eigenvalue weighted by Crippen LogP contribution is 2.43. The maximum absolute atomic E-state index is 12.9. The predicted molar refractivity (Wildman–Crippen MR) is 126 cm³/mol. The van der Waals surface area contributed by atoms with Crippen LogP contribution in [-0.2, 0) is 19.1 Å². The van der Waals surface area contributed by atoms with Crippen LogP contribution in [0.5, 0.6) is 0 Å². The van der Waals surface area contributed by atoms with Crippen LogP contribution in [0.3, 0.4) is 0 Å². The quantitative estimate of drug-likeness (QED) is 0.202. The lowest BCUT2D eigenvalue weighted by atomic mass is 9.80. The number of benzene rings is 2. The average molecular weight is 520 g/mol. The van der Waals surface area contributed by atoms with Crippen molar-refractivity contribution < 1.29 is 28.8 Å².